The number of amides is 1. The average molecular weight is 426 g/mol. The van der Waals surface area contributed by atoms with Crippen LogP contribution >= 0.6 is 0 Å². The van der Waals surface area contributed by atoms with Gasteiger partial charge in [0, 0.05) is 25.3 Å². The van der Waals surface area contributed by atoms with Crippen LogP contribution in [0.25, 0.3) is 6.08 Å². The van der Waals surface area contributed by atoms with Crippen molar-refractivity contribution in [2.75, 3.05) is 24.5 Å². The summed E-state index contributed by atoms with van der Waals surface area (Å²) < 4.78 is 0. The molecule has 4 heteroatoms. The summed E-state index contributed by atoms with van der Waals surface area (Å²) in [7, 11) is 0. The molecule has 0 atom stereocenters. The van der Waals surface area contributed by atoms with Crippen LogP contribution in [0.1, 0.15) is 96.6 Å². The molecule has 31 heavy (non-hydrogen) atoms. The second-order valence-corrected chi connectivity index (χ2v) is 8.73. The number of benzene rings is 1. The Balaban J connectivity index is 2.27. The van der Waals surface area contributed by atoms with Gasteiger partial charge in [-0.1, -0.05) is 59.4 Å². The van der Waals surface area contributed by atoms with Crippen molar-refractivity contribution < 1.29 is 4.79 Å². The van der Waals surface area contributed by atoms with E-state index in [2.05, 4.69) is 68.9 Å². The first-order valence-electron chi connectivity index (χ1n) is 12.5. The van der Waals surface area contributed by atoms with Gasteiger partial charge < -0.3 is 4.90 Å². The van der Waals surface area contributed by atoms with Crippen LogP contribution in [0.4, 0.5) is 5.69 Å². The zero-order valence-electron chi connectivity index (χ0n) is 20.5. The lowest BCUT2D eigenvalue weighted by Crippen LogP contribution is -2.25. The van der Waals surface area contributed by atoms with Crippen LogP contribution in [0, 0.1) is 6.92 Å². The minimum Gasteiger partial charge on any atom is -0.372 e. The Morgan fingerprint density at radius 2 is 1.58 bits per heavy atom. The monoisotopic (exact) mass is 425 g/mol. The number of carbonyl (C=O) groups excluding carboxylic acids is 1. The first-order valence-corrected chi connectivity index (χ1v) is 12.5. The third-order valence-corrected chi connectivity index (χ3v) is 5.99. The van der Waals surface area contributed by atoms with E-state index >= 15 is 0 Å². The van der Waals surface area contributed by atoms with Gasteiger partial charge in [0.15, 0.2) is 0 Å². The lowest BCUT2D eigenvalue weighted by atomic mass is 9.99. The molecule has 4 nitrogen and oxygen atoms in total. The van der Waals surface area contributed by atoms with Crippen LogP contribution in [0.2, 0.25) is 0 Å². The van der Waals surface area contributed by atoms with E-state index in [0.717, 1.165) is 62.0 Å². The maximum atomic E-state index is 13.0. The van der Waals surface area contributed by atoms with E-state index < -0.39 is 0 Å². The summed E-state index contributed by atoms with van der Waals surface area (Å²) in [4.78, 5) is 15.6. The molecule has 1 aliphatic rings. The van der Waals surface area contributed by atoms with Gasteiger partial charge in [0.25, 0.3) is 5.91 Å². The van der Waals surface area contributed by atoms with Crippen LogP contribution < -0.4 is 4.90 Å². The normalized spacial score (nSPS) is 15.1. The van der Waals surface area contributed by atoms with Gasteiger partial charge in [-0.2, -0.15) is 5.10 Å². The van der Waals surface area contributed by atoms with Crippen LogP contribution in [0.3, 0.4) is 0 Å². The van der Waals surface area contributed by atoms with Gasteiger partial charge in [0.05, 0.1) is 11.3 Å². The number of anilines is 1. The lowest BCUT2D eigenvalue weighted by molar-refractivity contribution is -0.125. The van der Waals surface area contributed by atoms with Crippen molar-refractivity contribution in [3.8, 4) is 0 Å². The van der Waals surface area contributed by atoms with Crippen molar-refractivity contribution in [1.29, 1.82) is 0 Å². The fraction of sp³-hybridized carbons (Fsp3) is 0.630. The molecule has 0 spiro atoms. The number of carbonyl (C=O) groups is 1. The minimum absolute atomic E-state index is 0.0653. The second kappa shape index (κ2) is 13.3. The first-order chi connectivity index (χ1) is 15.0. The number of aryl methyl sites for hydroxylation is 1. The number of hydrogen-bond donors (Lipinski definition) is 0. The van der Waals surface area contributed by atoms with E-state index in [4.69, 9.17) is 0 Å². The molecular formula is C27H43N3O. The number of hydrogen-bond acceptors (Lipinski definition) is 3. The molecule has 0 saturated heterocycles. The average Bonchev–Trinajstić information content (AvgIpc) is 3.06. The van der Waals surface area contributed by atoms with Crippen LogP contribution in [0.5, 0.6) is 0 Å². The molecule has 0 aliphatic carbocycles. The summed E-state index contributed by atoms with van der Waals surface area (Å²) in [6, 6.07) is 6.69. The van der Waals surface area contributed by atoms with E-state index in [9.17, 15) is 4.79 Å². The molecular weight excluding hydrogens is 382 g/mol. The molecule has 1 aromatic carbocycles. The maximum Gasteiger partial charge on any atom is 0.275 e. The molecule has 0 bridgehead atoms. The van der Waals surface area contributed by atoms with Gasteiger partial charge in [-0.15, -0.1) is 0 Å². The molecule has 0 N–H and O–H groups in total. The Labute approximate surface area is 190 Å². The summed E-state index contributed by atoms with van der Waals surface area (Å²) in [5, 5.41) is 6.37. The highest BCUT2D eigenvalue weighted by molar-refractivity contribution is 6.27. The Bertz CT molecular complexity index is 758. The highest BCUT2D eigenvalue weighted by Gasteiger charge is 2.29. The first kappa shape index (κ1) is 25.2. The van der Waals surface area contributed by atoms with E-state index in [-0.39, 0.29) is 5.91 Å². The predicted octanol–water partition coefficient (Wildman–Crippen LogP) is 6.97. The minimum atomic E-state index is 0.0653. The zero-order valence-corrected chi connectivity index (χ0v) is 20.5. The molecule has 172 valence electrons. The maximum absolute atomic E-state index is 13.0. The van der Waals surface area contributed by atoms with Gasteiger partial charge >= 0.3 is 0 Å². The molecule has 2 rings (SSSR count). The van der Waals surface area contributed by atoms with Gasteiger partial charge in [0.2, 0.25) is 0 Å². The van der Waals surface area contributed by atoms with Crippen molar-refractivity contribution in [3.05, 3.63) is 34.9 Å². The van der Waals surface area contributed by atoms with Gasteiger partial charge in [-0.3, -0.25) is 4.79 Å². The van der Waals surface area contributed by atoms with E-state index in [1.165, 1.54) is 36.9 Å². The summed E-state index contributed by atoms with van der Waals surface area (Å²) >= 11 is 0. The highest BCUT2D eigenvalue weighted by Crippen LogP contribution is 2.26. The summed E-state index contributed by atoms with van der Waals surface area (Å²) in [6.07, 6.45) is 12.0. The highest BCUT2D eigenvalue weighted by atomic mass is 16.2. The quantitative estimate of drug-likeness (QED) is 0.302. The van der Waals surface area contributed by atoms with E-state index in [1.54, 1.807) is 5.01 Å². The standard InChI is InChI=1S/C27H43N3O/c1-6-10-14-26-25(27(31)30(28-26)19-13-9-4)21-23-15-16-24(20-22(23)5)29(17-11-7-2)18-12-8-3/h15-16,20-21H,6-14,17-19H2,1-5H3. The third-order valence-electron chi connectivity index (χ3n) is 5.99. The van der Waals surface area contributed by atoms with Gasteiger partial charge in [0.1, 0.15) is 0 Å². The smallest absolute Gasteiger partial charge is 0.275 e. The number of nitrogens with zero attached hydrogens (tertiary/aromatic N) is 3. The molecule has 0 fully saturated rings. The fourth-order valence-corrected chi connectivity index (χ4v) is 3.88. The summed E-state index contributed by atoms with van der Waals surface area (Å²) in [5.41, 5.74) is 5.38. The molecule has 0 radical (unpaired) electrons. The van der Waals surface area contributed by atoms with Crippen molar-refractivity contribution in [2.45, 2.75) is 92.4 Å². The molecule has 1 aromatic rings. The molecule has 1 amide bonds. The number of hydrazone groups is 1. The largest absolute Gasteiger partial charge is 0.372 e. The Morgan fingerprint density at radius 1 is 0.935 bits per heavy atom. The van der Waals surface area contributed by atoms with Crippen molar-refractivity contribution in [1.82, 2.24) is 5.01 Å². The molecule has 0 unspecified atom stereocenters. The topological polar surface area (TPSA) is 35.9 Å². The Morgan fingerprint density at radius 3 is 2.16 bits per heavy atom. The molecule has 0 saturated carbocycles. The molecule has 1 aliphatic heterocycles. The number of unbranched alkanes of at least 4 members (excludes halogenated alkanes) is 4. The van der Waals surface area contributed by atoms with Crippen molar-refractivity contribution >= 4 is 23.4 Å². The van der Waals surface area contributed by atoms with Crippen LogP contribution in [0.15, 0.2) is 28.9 Å². The van der Waals surface area contributed by atoms with Crippen molar-refractivity contribution in [3.63, 3.8) is 0 Å². The third kappa shape index (κ3) is 7.22. The Hall–Kier alpha value is -2.10. The van der Waals surface area contributed by atoms with Crippen LogP contribution in [-0.2, 0) is 4.79 Å². The predicted molar refractivity (Wildman–Crippen MR) is 135 cm³/mol. The van der Waals surface area contributed by atoms with Gasteiger partial charge in [-0.25, -0.2) is 5.01 Å². The fourth-order valence-electron chi connectivity index (χ4n) is 3.88. The van der Waals surface area contributed by atoms with Gasteiger partial charge in [-0.05, 0) is 68.4 Å². The van der Waals surface area contributed by atoms with E-state index in [0.29, 0.717) is 6.54 Å². The van der Waals surface area contributed by atoms with Crippen LogP contribution in [-0.4, -0.2) is 36.3 Å². The Kier molecular flexibility index (Phi) is 10.8. The lowest BCUT2D eigenvalue weighted by Gasteiger charge is -2.25. The summed E-state index contributed by atoms with van der Waals surface area (Å²) in [5.74, 6) is 0.0653. The van der Waals surface area contributed by atoms with Crippen molar-refractivity contribution in [2.24, 2.45) is 5.10 Å². The SMILES string of the molecule is CCCCC1=NN(CCCC)C(=O)C1=Cc1ccc(N(CCCC)CCCC)cc1C. The van der Waals surface area contributed by atoms with E-state index in [1.807, 2.05) is 0 Å². The summed E-state index contributed by atoms with van der Waals surface area (Å²) in [6.45, 7) is 13.9. The molecule has 1 heterocycles. The second-order valence-electron chi connectivity index (χ2n) is 8.73. The zero-order chi connectivity index (χ0) is 22.6. The molecule has 0 aromatic heterocycles. The number of rotatable bonds is 14.